The Labute approximate surface area is 97.8 Å². The van der Waals surface area contributed by atoms with E-state index in [0.29, 0.717) is 6.07 Å². The smallest absolute Gasteiger partial charge is 0.228 e. The summed E-state index contributed by atoms with van der Waals surface area (Å²) in [5.41, 5.74) is 5.27. The molecule has 94 valence electrons. The predicted octanol–water partition coefficient (Wildman–Crippen LogP) is 1.51. The van der Waals surface area contributed by atoms with Gasteiger partial charge in [0.15, 0.2) is 11.6 Å². The van der Waals surface area contributed by atoms with Gasteiger partial charge in [0, 0.05) is 24.6 Å². The van der Waals surface area contributed by atoms with E-state index in [4.69, 9.17) is 10.5 Å². The molecule has 0 fully saturated rings. The van der Waals surface area contributed by atoms with Crippen molar-refractivity contribution in [2.24, 2.45) is 11.7 Å². The number of halogens is 2. The predicted molar refractivity (Wildman–Crippen MR) is 59.8 cm³/mol. The molecule has 0 saturated heterocycles. The maximum absolute atomic E-state index is 13.3. The van der Waals surface area contributed by atoms with Crippen LogP contribution in [0.4, 0.5) is 14.5 Å². The van der Waals surface area contributed by atoms with Gasteiger partial charge in [0.1, 0.15) is 5.82 Å². The summed E-state index contributed by atoms with van der Waals surface area (Å²) >= 11 is 0. The fraction of sp³-hybridized carbons (Fsp3) is 0.364. The van der Waals surface area contributed by atoms with E-state index in [1.165, 1.54) is 7.11 Å². The van der Waals surface area contributed by atoms with Crippen molar-refractivity contribution in [2.45, 2.75) is 6.92 Å². The molecular weight excluding hydrogens is 230 g/mol. The first-order valence-electron chi connectivity index (χ1n) is 5.03. The molecule has 1 aromatic rings. The third-order valence-corrected chi connectivity index (χ3v) is 2.27. The van der Waals surface area contributed by atoms with E-state index in [-0.39, 0.29) is 18.0 Å². The van der Waals surface area contributed by atoms with Crippen LogP contribution in [0.1, 0.15) is 6.92 Å². The van der Waals surface area contributed by atoms with Gasteiger partial charge in [-0.25, -0.2) is 8.78 Å². The van der Waals surface area contributed by atoms with Gasteiger partial charge in [-0.1, -0.05) is 6.92 Å². The average molecular weight is 244 g/mol. The lowest BCUT2D eigenvalue weighted by atomic mass is 10.1. The third-order valence-electron chi connectivity index (χ3n) is 2.27. The second kappa shape index (κ2) is 5.58. The second-order valence-corrected chi connectivity index (χ2v) is 3.59. The molecule has 0 aliphatic heterocycles. The van der Waals surface area contributed by atoms with Crippen LogP contribution in [0, 0.1) is 17.6 Å². The van der Waals surface area contributed by atoms with E-state index in [9.17, 15) is 13.6 Å². The largest absolute Gasteiger partial charge is 0.492 e. The molecule has 0 aliphatic rings. The van der Waals surface area contributed by atoms with Gasteiger partial charge in [-0.05, 0) is 0 Å². The van der Waals surface area contributed by atoms with Gasteiger partial charge in [-0.15, -0.1) is 0 Å². The molecule has 0 aromatic heterocycles. The molecule has 0 saturated carbocycles. The summed E-state index contributed by atoms with van der Waals surface area (Å²) in [5, 5.41) is 2.37. The van der Waals surface area contributed by atoms with E-state index in [1.54, 1.807) is 6.92 Å². The molecular formula is C11H14F2N2O2. The van der Waals surface area contributed by atoms with Crippen molar-refractivity contribution in [3.05, 3.63) is 23.8 Å². The van der Waals surface area contributed by atoms with Crippen LogP contribution < -0.4 is 15.8 Å². The van der Waals surface area contributed by atoms with Gasteiger partial charge in [0.2, 0.25) is 5.91 Å². The van der Waals surface area contributed by atoms with Crippen molar-refractivity contribution in [2.75, 3.05) is 19.0 Å². The van der Waals surface area contributed by atoms with E-state index in [2.05, 4.69) is 5.32 Å². The summed E-state index contributed by atoms with van der Waals surface area (Å²) in [4.78, 5) is 11.5. The van der Waals surface area contributed by atoms with Crippen molar-refractivity contribution in [3.8, 4) is 5.75 Å². The van der Waals surface area contributed by atoms with Crippen LogP contribution >= 0.6 is 0 Å². The number of carbonyl (C=O) groups is 1. The molecule has 1 atom stereocenters. The molecule has 0 heterocycles. The maximum Gasteiger partial charge on any atom is 0.228 e. The lowest BCUT2D eigenvalue weighted by molar-refractivity contribution is -0.119. The Morgan fingerprint density at radius 1 is 1.53 bits per heavy atom. The highest BCUT2D eigenvalue weighted by molar-refractivity contribution is 5.93. The Hall–Kier alpha value is -1.69. The van der Waals surface area contributed by atoms with Crippen LogP contribution in [0.3, 0.4) is 0 Å². The lowest BCUT2D eigenvalue weighted by Gasteiger charge is -2.13. The summed E-state index contributed by atoms with van der Waals surface area (Å²) < 4.78 is 31.1. The summed E-state index contributed by atoms with van der Waals surface area (Å²) in [7, 11) is 1.23. The summed E-state index contributed by atoms with van der Waals surface area (Å²) in [6, 6.07) is 1.67. The quantitative estimate of drug-likeness (QED) is 0.843. The topological polar surface area (TPSA) is 64.3 Å². The van der Waals surface area contributed by atoms with E-state index in [0.717, 1.165) is 6.07 Å². The molecule has 1 aromatic carbocycles. The summed E-state index contributed by atoms with van der Waals surface area (Å²) in [6.45, 7) is 1.75. The number of amides is 1. The van der Waals surface area contributed by atoms with Crippen LogP contribution in [0.5, 0.6) is 5.75 Å². The number of carbonyl (C=O) groups excluding carboxylic acids is 1. The van der Waals surface area contributed by atoms with Gasteiger partial charge >= 0.3 is 0 Å². The van der Waals surface area contributed by atoms with Gasteiger partial charge in [-0.3, -0.25) is 4.79 Å². The molecule has 0 bridgehead atoms. The van der Waals surface area contributed by atoms with Crippen LogP contribution in [-0.2, 0) is 4.79 Å². The van der Waals surface area contributed by atoms with E-state index in [1.807, 2.05) is 0 Å². The van der Waals surface area contributed by atoms with Crippen molar-refractivity contribution < 1.29 is 18.3 Å². The first-order chi connectivity index (χ1) is 7.99. The molecule has 0 aliphatic carbocycles. The Bertz CT molecular complexity index is 424. The second-order valence-electron chi connectivity index (χ2n) is 3.59. The number of anilines is 1. The first-order valence-corrected chi connectivity index (χ1v) is 5.03. The number of methoxy groups -OCH3 is 1. The number of nitrogens with one attached hydrogen (secondary N) is 1. The first kappa shape index (κ1) is 13.4. The molecule has 1 unspecified atom stereocenters. The monoisotopic (exact) mass is 244 g/mol. The van der Waals surface area contributed by atoms with Crippen molar-refractivity contribution in [1.82, 2.24) is 0 Å². The van der Waals surface area contributed by atoms with Crippen LogP contribution in [-0.4, -0.2) is 19.6 Å². The molecule has 1 amide bonds. The average Bonchev–Trinajstić information content (AvgIpc) is 2.27. The highest BCUT2D eigenvalue weighted by Gasteiger charge is 2.17. The number of hydrogen-bond donors (Lipinski definition) is 2. The zero-order valence-electron chi connectivity index (χ0n) is 9.59. The lowest BCUT2D eigenvalue weighted by Crippen LogP contribution is -2.27. The zero-order chi connectivity index (χ0) is 13.0. The normalized spacial score (nSPS) is 12.1. The van der Waals surface area contributed by atoms with Gasteiger partial charge < -0.3 is 15.8 Å². The molecule has 0 radical (unpaired) electrons. The molecule has 3 N–H and O–H groups in total. The fourth-order valence-corrected chi connectivity index (χ4v) is 1.22. The van der Waals surface area contributed by atoms with Gasteiger partial charge in [-0.2, -0.15) is 0 Å². The highest BCUT2D eigenvalue weighted by Crippen LogP contribution is 2.29. The van der Waals surface area contributed by atoms with Gasteiger partial charge in [0.05, 0.1) is 12.8 Å². The molecule has 6 heteroatoms. The van der Waals surface area contributed by atoms with Crippen molar-refractivity contribution >= 4 is 11.6 Å². The fourth-order valence-electron chi connectivity index (χ4n) is 1.22. The number of rotatable bonds is 4. The number of benzene rings is 1. The summed E-state index contributed by atoms with van der Waals surface area (Å²) in [5.74, 6) is -2.74. The molecule has 17 heavy (non-hydrogen) atoms. The van der Waals surface area contributed by atoms with Crippen LogP contribution in [0.15, 0.2) is 12.1 Å². The standard InChI is InChI=1S/C11H14F2N2O2/c1-6(5-14)11(16)15-9-4-7(12)3-8(13)10(9)17-2/h3-4,6H,5,14H2,1-2H3,(H,15,16). The minimum Gasteiger partial charge on any atom is -0.492 e. The Morgan fingerprint density at radius 3 is 2.71 bits per heavy atom. The zero-order valence-corrected chi connectivity index (χ0v) is 9.59. The minimum absolute atomic E-state index is 0.0460. The Balaban J connectivity index is 3.01. The third kappa shape index (κ3) is 3.13. The van der Waals surface area contributed by atoms with E-state index >= 15 is 0 Å². The molecule has 4 nitrogen and oxygen atoms in total. The number of hydrogen-bond acceptors (Lipinski definition) is 3. The SMILES string of the molecule is COc1c(F)cc(F)cc1NC(=O)C(C)CN. The molecule has 0 spiro atoms. The Morgan fingerprint density at radius 2 is 2.18 bits per heavy atom. The number of ether oxygens (including phenoxy) is 1. The van der Waals surface area contributed by atoms with Crippen molar-refractivity contribution in [3.63, 3.8) is 0 Å². The number of nitrogens with two attached hydrogens (primary N) is 1. The Kier molecular flexibility index (Phi) is 4.39. The van der Waals surface area contributed by atoms with Gasteiger partial charge in [0.25, 0.3) is 0 Å². The highest BCUT2D eigenvalue weighted by atomic mass is 19.1. The van der Waals surface area contributed by atoms with Crippen LogP contribution in [0.2, 0.25) is 0 Å². The molecule has 1 rings (SSSR count). The van der Waals surface area contributed by atoms with E-state index < -0.39 is 23.5 Å². The minimum atomic E-state index is -0.872. The van der Waals surface area contributed by atoms with Crippen molar-refractivity contribution in [1.29, 1.82) is 0 Å². The maximum atomic E-state index is 13.3. The van der Waals surface area contributed by atoms with Crippen LogP contribution in [0.25, 0.3) is 0 Å². The summed E-state index contributed by atoms with van der Waals surface area (Å²) in [6.07, 6.45) is 0.